The summed E-state index contributed by atoms with van der Waals surface area (Å²) < 4.78 is 15.5. The number of nitrogens with one attached hydrogen (secondary N) is 2. The van der Waals surface area contributed by atoms with Gasteiger partial charge in [0.05, 0.1) is 16.7 Å². The van der Waals surface area contributed by atoms with Crippen molar-refractivity contribution in [1.82, 2.24) is 15.8 Å². The second-order valence-electron chi connectivity index (χ2n) is 5.02. The summed E-state index contributed by atoms with van der Waals surface area (Å²) in [5.41, 5.74) is 0.181. The van der Waals surface area contributed by atoms with E-state index in [4.69, 9.17) is 37.2 Å². The van der Waals surface area contributed by atoms with Crippen molar-refractivity contribution in [1.29, 1.82) is 0 Å². The molecule has 1 aromatic heterocycles. The zero-order chi connectivity index (χ0) is 18.1. The Labute approximate surface area is 155 Å². The highest BCUT2D eigenvalue weighted by Gasteiger charge is 2.14. The van der Waals surface area contributed by atoms with Gasteiger partial charge in [0.1, 0.15) is 6.61 Å². The third-order valence-corrected chi connectivity index (χ3v) is 3.73. The normalized spacial score (nSPS) is 10.7. The van der Waals surface area contributed by atoms with Crippen molar-refractivity contribution in [3.05, 3.63) is 45.8 Å². The van der Waals surface area contributed by atoms with Crippen LogP contribution in [-0.2, 0) is 11.3 Å². The molecule has 136 valence electrons. The quantitative estimate of drug-likeness (QED) is 0.609. The molecule has 0 spiro atoms. The SMILES string of the molecule is COCCNCCNC(=O)c1cc(COc2c(Cl)cccc2Cl)on1. The summed E-state index contributed by atoms with van der Waals surface area (Å²) in [6.45, 7) is 2.51. The number of rotatable bonds is 10. The van der Waals surface area contributed by atoms with Crippen LogP contribution in [0.15, 0.2) is 28.8 Å². The molecule has 0 radical (unpaired) electrons. The number of amides is 1. The van der Waals surface area contributed by atoms with Gasteiger partial charge in [-0.15, -0.1) is 0 Å². The van der Waals surface area contributed by atoms with Crippen molar-refractivity contribution in [2.24, 2.45) is 0 Å². The fraction of sp³-hybridized carbons (Fsp3) is 0.375. The van der Waals surface area contributed by atoms with Gasteiger partial charge in [0.2, 0.25) is 0 Å². The number of para-hydroxylation sites is 1. The summed E-state index contributed by atoms with van der Waals surface area (Å²) in [5, 5.41) is 10.4. The number of hydrogen-bond donors (Lipinski definition) is 2. The minimum absolute atomic E-state index is 0.0578. The second kappa shape index (κ2) is 10.2. The predicted molar refractivity (Wildman–Crippen MR) is 94.4 cm³/mol. The molecule has 2 rings (SSSR count). The number of carbonyl (C=O) groups excluding carboxylic acids is 1. The maximum absolute atomic E-state index is 12.0. The van der Waals surface area contributed by atoms with Crippen LogP contribution in [0.5, 0.6) is 5.75 Å². The molecule has 0 aliphatic heterocycles. The number of halogens is 2. The van der Waals surface area contributed by atoms with Crippen molar-refractivity contribution in [3.63, 3.8) is 0 Å². The van der Waals surface area contributed by atoms with E-state index >= 15 is 0 Å². The molecule has 0 saturated heterocycles. The van der Waals surface area contributed by atoms with Gasteiger partial charge in [-0.2, -0.15) is 0 Å². The Balaban J connectivity index is 1.78. The van der Waals surface area contributed by atoms with Crippen LogP contribution in [0.4, 0.5) is 0 Å². The lowest BCUT2D eigenvalue weighted by Gasteiger charge is -2.07. The van der Waals surface area contributed by atoms with Gasteiger partial charge < -0.3 is 24.6 Å². The molecule has 1 heterocycles. The van der Waals surface area contributed by atoms with Crippen molar-refractivity contribution >= 4 is 29.1 Å². The second-order valence-corrected chi connectivity index (χ2v) is 5.83. The lowest BCUT2D eigenvalue weighted by molar-refractivity contribution is 0.0944. The number of methoxy groups -OCH3 is 1. The van der Waals surface area contributed by atoms with Gasteiger partial charge in [0.25, 0.3) is 5.91 Å². The van der Waals surface area contributed by atoms with Crippen LogP contribution >= 0.6 is 23.2 Å². The van der Waals surface area contributed by atoms with Crippen LogP contribution in [0.3, 0.4) is 0 Å². The van der Waals surface area contributed by atoms with Crippen molar-refractivity contribution in [3.8, 4) is 5.75 Å². The van der Waals surface area contributed by atoms with E-state index in [0.717, 1.165) is 6.54 Å². The number of ether oxygens (including phenoxy) is 2. The zero-order valence-corrected chi connectivity index (χ0v) is 15.2. The number of carbonyl (C=O) groups is 1. The molecule has 0 unspecified atom stereocenters. The average molecular weight is 388 g/mol. The first-order chi connectivity index (χ1) is 12.1. The highest BCUT2D eigenvalue weighted by molar-refractivity contribution is 6.37. The highest BCUT2D eigenvalue weighted by atomic mass is 35.5. The van der Waals surface area contributed by atoms with E-state index in [2.05, 4.69) is 15.8 Å². The third-order valence-electron chi connectivity index (χ3n) is 3.14. The van der Waals surface area contributed by atoms with Crippen LogP contribution < -0.4 is 15.4 Å². The van der Waals surface area contributed by atoms with Gasteiger partial charge in [0, 0.05) is 32.8 Å². The number of hydrogen-bond acceptors (Lipinski definition) is 6. The van der Waals surface area contributed by atoms with E-state index in [1.54, 1.807) is 25.3 Å². The Morgan fingerprint density at radius 2 is 2.00 bits per heavy atom. The monoisotopic (exact) mass is 387 g/mol. The molecule has 2 N–H and O–H groups in total. The molecule has 0 fully saturated rings. The summed E-state index contributed by atoms with van der Waals surface area (Å²) >= 11 is 12.0. The Bertz CT molecular complexity index is 674. The lowest BCUT2D eigenvalue weighted by Crippen LogP contribution is -2.33. The Morgan fingerprint density at radius 1 is 1.24 bits per heavy atom. The Kier molecular flexibility index (Phi) is 8.00. The van der Waals surface area contributed by atoms with Crippen LogP contribution in [-0.4, -0.2) is 44.4 Å². The molecular weight excluding hydrogens is 369 g/mol. The van der Waals surface area contributed by atoms with Crippen LogP contribution in [0.2, 0.25) is 10.0 Å². The maximum Gasteiger partial charge on any atom is 0.273 e. The first-order valence-electron chi connectivity index (χ1n) is 7.62. The molecule has 9 heteroatoms. The van der Waals surface area contributed by atoms with Crippen LogP contribution in [0.1, 0.15) is 16.2 Å². The van der Waals surface area contributed by atoms with Crippen LogP contribution in [0, 0.1) is 0 Å². The third kappa shape index (κ3) is 6.21. The first-order valence-corrected chi connectivity index (χ1v) is 8.37. The molecule has 0 atom stereocenters. The van der Waals surface area contributed by atoms with Crippen molar-refractivity contribution in [2.45, 2.75) is 6.61 Å². The summed E-state index contributed by atoms with van der Waals surface area (Å²) in [5.74, 6) is 0.425. The van der Waals surface area contributed by atoms with Gasteiger partial charge in [0.15, 0.2) is 17.2 Å². The first kappa shape index (κ1) is 19.5. The number of benzene rings is 1. The fourth-order valence-electron chi connectivity index (χ4n) is 1.91. The predicted octanol–water partition coefficient (Wildman–Crippen LogP) is 2.53. The Hall–Kier alpha value is -1.80. The Morgan fingerprint density at radius 3 is 2.72 bits per heavy atom. The molecule has 25 heavy (non-hydrogen) atoms. The molecule has 7 nitrogen and oxygen atoms in total. The molecule has 1 aromatic carbocycles. The minimum atomic E-state index is -0.320. The zero-order valence-electron chi connectivity index (χ0n) is 13.7. The molecule has 2 aromatic rings. The van der Waals surface area contributed by atoms with Gasteiger partial charge >= 0.3 is 0 Å². The topological polar surface area (TPSA) is 85.6 Å². The molecule has 0 saturated carbocycles. The van der Waals surface area contributed by atoms with E-state index in [1.165, 1.54) is 6.07 Å². The standard InChI is InChI=1S/C16H19Cl2N3O4/c1-23-8-7-19-5-6-20-16(22)14-9-11(25-21-14)10-24-15-12(17)3-2-4-13(15)18/h2-4,9,19H,5-8,10H2,1H3,(H,20,22). The molecule has 0 aliphatic carbocycles. The van der Waals surface area contributed by atoms with Crippen LogP contribution in [0.25, 0.3) is 0 Å². The van der Waals surface area contributed by atoms with Gasteiger partial charge in [-0.25, -0.2) is 0 Å². The van der Waals surface area contributed by atoms with E-state index in [9.17, 15) is 4.79 Å². The number of aromatic nitrogens is 1. The largest absolute Gasteiger partial charge is 0.482 e. The van der Waals surface area contributed by atoms with E-state index in [-0.39, 0.29) is 18.2 Å². The van der Waals surface area contributed by atoms with E-state index < -0.39 is 0 Å². The molecule has 0 bridgehead atoms. The molecule has 1 amide bonds. The van der Waals surface area contributed by atoms with Crippen molar-refractivity contribution < 1.29 is 18.8 Å². The molecular formula is C16H19Cl2N3O4. The highest BCUT2D eigenvalue weighted by Crippen LogP contribution is 2.32. The van der Waals surface area contributed by atoms with Gasteiger partial charge in [-0.1, -0.05) is 34.4 Å². The van der Waals surface area contributed by atoms with Gasteiger partial charge in [-0.05, 0) is 12.1 Å². The minimum Gasteiger partial charge on any atom is -0.482 e. The smallest absolute Gasteiger partial charge is 0.273 e. The molecule has 0 aliphatic rings. The number of nitrogens with zero attached hydrogens (tertiary/aromatic N) is 1. The lowest BCUT2D eigenvalue weighted by atomic mass is 10.3. The fourth-order valence-corrected chi connectivity index (χ4v) is 2.41. The maximum atomic E-state index is 12.0. The van der Waals surface area contributed by atoms with Crippen molar-refractivity contribution in [2.75, 3.05) is 33.4 Å². The van der Waals surface area contributed by atoms with E-state index in [0.29, 0.717) is 41.3 Å². The summed E-state index contributed by atoms with van der Waals surface area (Å²) in [6, 6.07) is 6.57. The van der Waals surface area contributed by atoms with E-state index in [1.807, 2.05) is 0 Å². The summed E-state index contributed by atoms with van der Waals surface area (Å²) in [7, 11) is 1.63. The summed E-state index contributed by atoms with van der Waals surface area (Å²) in [4.78, 5) is 12.0. The average Bonchev–Trinajstić information content (AvgIpc) is 3.06. The van der Waals surface area contributed by atoms with Gasteiger partial charge in [-0.3, -0.25) is 4.79 Å². The summed E-state index contributed by atoms with van der Waals surface area (Å²) in [6.07, 6.45) is 0.